The monoisotopic (exact) mass is 218 g/mol. The van der Waals surface area contributed by atoms with E-state index >= 15 is 0 Å². The lowest BCUT2D eigenvalue weighted by Gasteiger charge is -2.03. The van der Waals surface area contributed by atoms with Gasteiger partial charge in [-0.2, -0.15) is 0 Å². The van der Waals surface area contributed by atoms with Crippen LogP contribution in [0.4, 0.5) is 0 Å². The van der Waals surface area contributed by atoms with Crippen LogP contribution in [0, 0.1) is 6.92 Å². The molecule has 1 rings (SSSR count). The van der Waals surface area contributed by atoms with E-state index in [1.165, 1.54) is 0 Å². The van der Waals surface area contributed by atoms with Gasteiger partial charge in [-0.1, -0.05) is 0 Å². The third kappa shape index (κ3) is 4.60. The minimum Gasteiger partial charge on any atom is -0.310 e. The molecule has 1 unspecified atom stereocenters. The molecule has 1 heterocycles. The van der Waals surface area contributed by atoms with Gasteiger partial charge in [0.15, 0.2) is 0 Å². The summed E-state index contributed by atoms with van der Waals surface area (Å²) in [5.41, 5.74) is 1.10. The zero-order chi connectivity index (χ0) is 9.68. The first-order chi connectivity index (χ1) is 6.18. The summed E-state index contributed by atoms with van der Waals surface area (Å²) in [5, 5.41) is 6.79. The molecule has 0 amide bonds. The summed E-state index contributed by atoms with van der Waals surface area (Å²) >= 11 is 7.51. The average molecular weight is 219 g/mol. The first-order valence-electron chi connectivity index (χ1n) is 4.44. The van der Waals surface area contributed by atoms with Crippen LogP contribution in [0.5, 0.6) is 0 Å². The Labute approximate surface area is 88.3 Å². The molecule has 1 atom stereocenters. The summed E-state index contributed by atoms with van der Waals surface area (Å²) in [6.07, 6.45) is 1.01. The van der Waals surface area contributed by atoms with Crippen molar-refractivity contribution >= 4 is 22.9 Å². The minimum atomic E-state index is 0.255. The zero-order valence-corrected chi connectivity index (χ0v) is 9.58. The molecule has 0 aliphatic heterocycles. The Bertz CT molecular complexity index is 248. The van der Waals surface area contributed by atoms with Gasteiger partial charge in [-0.05, 0) is 26.8 Å². The van der Waals surface area contributed by atoms with E-state index in [0.717, 1.165) is 30.2 Å². The summed E-state index contributed by atoms with van der Waals surface area (Å²) in [6.45, 7) is 5.85. The third-order valence-electron chi connectivity index (χ3n) is 1.66. The Morgan fingerprint density at radius 3 is 3.00 bits per heavy atom. The summed E-state index contributed by atoms with van der Waals surface area (Å²) in [5.74, 6) is 0. The van der Waals surface area contributed by atoms with Crippen molar-refractivity contribution in [1.82, 2.24) is 10.3 Å². The molecule has 4 heteroatoms. The fraction of sp³-hybridized carbons (Fsp3) is 0.667. The molecule has 2 nitrogen and oxygen atoms in total. The smallest absolute Gasteiger partial charge is 0.107 e. The molecule has 1 N–H and O–H groups in total. The Hall–Kier alpha value is -0.120. The van der Waals surface area contributed by atoms with Gasteiger partial charge in [-0.3, -0.25) is 0 Å². The van der Waals surface area contributed by atoms with Crippen LogP contribution in [0.25, 0.3) is 0 Å². The number of hydrogen-bond donors (Lipinski definition) is 1. The first kappa shape index (κ1) is 11.0. The van der Waals surface area contributed by atoms with Gasteiger partial charge in [0, 0.05) is 23.0 Å². The summed E-state index contributed by atoms with van der Waals surface area (Å²) in [6, 6.07) is 0. The van der Waals surface area contributed by atoms with E-state index in [2.05, 4.69) is 15.7 Å². The molecule has 0 fully saturated rings. The van der Waals surface area contributed by atoms with Crippen molar-refractivity contribution in [3.8, 4) is 0 Å². The lowest BCUT2D eigenvalue weighted by atomic mass is 10.3. The van der Waals surface area contributed by atoms with E-state index in [9.17, 15) is 0 Å². The van der Waals surface area contributed by atoms with Crippen LogP contribution in [0.15, 0.2) is 5.38 Å². The van der Waals surface area contributed by atoms with Crippen LogP contribution in [0.1, 0.15) is 24.0 Å². The van der Waals surface area contributed by atoms with E-state index < -0.39 is 0 Å². The van der Waals surface area contributed by atoms with Crippen molar-refractivity contribution in [2.75, 3.05) is 6.54 Å². The molecule has 0 aliphatic carbocycles. The number of aromatic nitrogens is 1. The van der Waals surface area contributed by atoms with Crippen LogP contribution < -0.4 is 5.32 Å². The highest BCUT2D eigenvalue weighted by molar-refractivity contribution is 7.09. The van der Waals surface area contributed by atoms with Gasteiger partial charge < -0.3 is 5.32 Å². The molecule has 13 heavy (non-hydrogen) atoms. The maximum atomic E-state index is 5.81. The molecule has 0 saturated heterocycles. The number of nitrogens with one attached hydrogen (secondary N) is 1. The van der Waals surface area contributed by atoms with E-state index in [1.807, 2.05) is 13.8 Å². The van der Waals surface area contributed by atoms with Crippen molar-refractivity contribution < 1.29 is 0 Å². The van der Waals surface area contributed by atoms with Crippen LogP contribution >= 0.6 is 22.9 Å². The molecular formula is C9H15ClN2S. The van der Waals surface area contributed by atoms with E-state index in [-0.39, 0.29) is 5.38 Å². The van der Waals surface area contributed by atoms with Crippen molar-refractivity contribution in [2.45, 2.75) is 32.2 Å². The predicted molar refractivity (Wildman–Crippen MR) is 58.5 cm³/mol. The molecular weight excluding hydrogens is 204 g/mol. The highest BCUT2D eigenvalue weighted by atomic mass is 35.5. The molecule has 74 valence electrons. The number of rotatable bonds is 5. The molecule has 1 aromatic rings. The topological polar surface area (TPSA) is 24.9 Å². The largest absolute Gasteiger partial charge is 0.310 e. The standard InChI is InChI=1S/C9H15ClN2S/c1-7(10)3-4-11-5-9-12-8(2)6-13-9/h6-7,11H,3-5H2,1-2H3. The molecule has 0 aliphatic rings. The maximum Gasteiger partial charge on any atom is 0.107 e. The van der Waals surface area contributed by atoms with Crippen LogP contribution in [-0.4, -0.2) is 16.9 Å². The van der Waals surface area contributed by atoms with Crippen LogP contribution in [0.2, 0.25) is 0 Å². The SMILES string of the molecule is Cc1csc(CNCCC(C)Cl)n1. The highest BCUT2D eigenvalue weighted by Gasteiger charge is 1.98. The van der Waals surface area contributed by atoms with Gasteiger partial charge in [0.05, 0.1) is 0 Å². The normalized spacial score (nSPS) is 13.2. The second-order valence-electron chi connectivity index (χ2n) is 3.13. The van der Waals surface area contributed by atoms with Crippen LogP contribution in [0.3, 0.4) is 0 Å². The highest BCUT2D eigenvalue weighted by Crippen LogP contribution is 2.07. The summed E-state index contributed by atoms with van der Waals surface area (Å²) < 4.78 is 0. The van der Waals surface area contributed by atoms with Gasteiger partial charge in [0.25, 0.3) is 0 Å². The molecule has 0 saturated carbocycles. The molecule has 1 aromatic heterocycles. The van der Waals surface area contributed by atoms with Crippen molar-refractivity contribution in [1.29, 1.82) is 0 Å². The molecule has 0 radical (unpaired) electrons. The van der Waals surface area contributed by atoms with Crippen LogP contribution in [-0.2, 0) is 6.54 Å². The number of alkyl halides is 1. The Morgan fingerprint density at radius 2 is 2.46 bits per heavy atom. The molecule has 0 bridgehead atoms. The van der Waals surface area contributed by atoms with Gasteiger partial charge in [0.2, 0.25) is 0 Å². The maximum absolute atomic E-state index is 5.81. The van der Waals surface area contributed by atoms with Gasteiger partial charge >= 0.3 is 0 Å². The minimum absolute atomic E-state index is 0.255. The van der Waals surface area contributed by atoms with E-state index in [0.29, 0.717) is 0 Å². The Kier molecular flexibility index (Phi) is 4.70. The number of halogens is 1. The van der Waals surface area contributed by atoms with E-state index in [4.69, 9.17) is 11.6 Å². The van der Waals surface area contributed by atoms with Crippen molar-refractivity contribution in [3.05, 3.63) is 16.1 Å². The third-order valence-corrected chi connectivity index (χ3v) is 2.85. The lowest BCUT2D eigenvalue weighted by molar-refractivity contribution is 0.642. The Morgan fingerprint density at radius 1 is 1.69 bits per heavy atom. The first-order valence-corrected chi connectivity index (χ1v) is 5.76. The number of hydrogen-bond acceptors (Lipinski definition) is 3. The van der Waals surface area contributed by atoms with Crippen molar-refractivity contribution in [2.24, 2.45) is 0 Å². The zero-order valence-electron chi connectivity index (χ0n) is 8.01. The van der Waals surface area contributed by atoms with Gasteiger partial charge in [-0.15, -0.1) is 22.9 Å². The fourth-order valence-electron chi connectivity index (χ4n) is 0.980. The summed E-state index contributed by atoms with van der Waals surface area (Å²) in [7, 11) is 0. The second kappa shape index (κ2) is 5.58. The van der Waals surface area contributed by atoms with Crippen molar-refractivity contribution in [3.63, 3.8) is 0 Å². The van der Waals surface area contributed by atoms with E-state index in [1.54, 1.807) is 11.3 Å². The number of nitrogens with zero attached hydrogens (tertiary/aromatic N) is 1. The second-order valence-corrected chi connectivity index (χ2v) is 4.82. The number of aryl methyl sites for hydroxylation is 1. The number of thiazole rings is 1. The molecule has 0 spiro atoms. The Balaban J connectivity index is 2.13. The lowest BCUT2D eigenvalue weighted by Crippen LogP contribution is -2.16. The average Bonchev–Trinajstić information content (AvgIpc) is 2.45. The van der Waals surface area contributed by atoms with Gasteiger partial charge in [-0.25, -0.2) is 4.98 Å². The quantitative estimate of drug-likeness (QED) is 0.607. The predicted octanol–water partition coefficient (Wildman–Crippen LogP) is 2.56. The van der Waals surface area contributed by atoms with Gasteiger partial charge in [0.1, 0.15) is 5.01 Å². The summed E-state index contributed by atoms with van der Waals surface area (Å²) in [4.78, 5) is 4.35. The fourth-order valence-corrected chi connectivity index (χ4v) is 1.83. The molecule has 0 aromatic carbocycles.